The van der Waals surface area contributed by atoms with Gasteiger partial charge < -0.3 is 25.4 Å². The summed E-state index contributed by atoms with van der Waals surface area (Å²) in [5.41, 5.74) is 3.77. The van der Waals surface area contributed by atoms with Crippen LogP contribution in [-0.2, 0) is 19.4 Å². The summed E-state index contributed by atoms with van der Waals surface area (Å²) >= 11 is 1.51. The Bertz CT molecular complexity index is 1460. The predicted octanol–water partition coefficient (Wildman–Crippen LogP) is 4.27. The molecule has 0 bridgehead atoms. The summed E-state index contributed by atoms with van der Waals surface area (Å²) in [6.45, 7) is 3.25. The Morgan fingerprint density at radius 1 is 1.02 bits per heavy atom. The number of hydrogen-bond acceptors (Lipinski definition) is 7. The quantitative estimate of drug-likeness (QED) is 0.191. The average molecular weight is 587 g/mol. The number of thiazole rings is 1. The van der Waals surface area contributed by atoms with Crippen LogP contribution in [0.5, 0.6) is 5.75 Å². The summed E-state index contributed by atoms with van der Waals surface area (Å²) in [5.74, 6) is 0.286. The van der Waals surface area contributed by atoms with Crippen molar-refractivity contribution >= 4 is 23.2 Å². The molecule has 3 N–H and O–H groups in total. The number of aryl methyl sites for hydroxylation is 1. The first-order chi connectivity index (χ1) is 20.3. The van der Waals surface area contributed by atoms with Crippen LogP contribution in [0.15, 0.2) is 84.2 Å². The van der Waals surface area contributed by atoms with Gasteiger partial charge in [0.25, 0.3) is 11.8 Å². The number of nitrogens with one attached hydrogen (secondary N) is 2. The SMILES string of the molecule is COc1ccccc1CCNCC(O)C(Cc1ccccc1)NC(=O)c1cccc(C(=O)N(C)Cc2nc(C)cs2)c1. The Balaban J connectivity index is 1.40. The maximum atomic E-state index is 13.4. The predicted molar refractivity (Wildman–Crippen MR) is 166 cm³/mol. The molecule has 42 heavy (non-hydrogen) atoms. The zero-order valence-electron chi connectivity index (χ0n) is 24.2. The summed E-state index contributed by atoms with van der Waals surface area (Å²) in [5, 5.41) is 20.3. The van der Waals surface area contributed by atoms with Gasteiger partial charge in [-0.1, -0.05) is 54.6 Å². The van der Waals surface area contributed by atoms with Gasteiger partial charge in [0.1, 0.15) is 10.8 Å². The molecule has 9 heteroatoms. The molecule has 220 valence electrons. The smallest absolute Gasteiger partial charge is 0.253 e. The van der Waals surface area contributed by atoms with Gasteiger partial charge in [0.15, 0.2) is 0 Å². The van der Waals surface area contributed by atoms with E-state index in [9.17, 15) is 14.7 Å². The molecular weight excluding hydrogens is 548 g/mol. The third-order valence-corrected chi connectivity index (χ3v) is 7.91. The molecule has 8 nitrogen and oxygen atoms in total. The molecule has 2 unspecified atom stereocenters. The number of aliphatic hydroxyl groups excluding tert-OH is 1. The van der Waals surface area contributed by atoms with Gasteiger partial charge in [-0.3, -0.25) is 9.59 Å². The zero-order chi connectivity index (χ0) is 29.9. The summed E-state index contributed by atoms with van der Waals surface area (Å²) in [6.07, 6.45) is 0.352. The monoisotopic (exact) mass is 586 g/mol. The highest BCUT2D eigenvalue weighted by Crippen LogP contribution is 2.18. The van der Waals surface area contributed by atoms with Crippen LogP contribution >= 0.6 is 11.3 Å². The van der Waals surface area contributed by atoms with Gasteiger partial charge in [0.05, 0.1) is 25.8 Å². The van der Waals surface area contributed by atoms with E-state index in [4.69, 9.17) is 4.74 Å². The van der Waals surface area contributed by atoms with Crippen LogP contribution in [0.25, 0.3) is 0 Å². The number of carbonyl (C=O) groups excluding carboxylic acids is 2. The molecule has 0 radical (unpaired) electrons. The van der Waals surface area contributed by atoms with Gasteiger partial charge in [-0.05, 0) is 61.7 Å². The summed E-state index contributed by atoms with van der Waals surface area (Å²) in [7, 11) is 3.37. The molecule has 2 amide bonds. The molecule has 0 aliphatic carbocycles. The zero-order valence-corrected chi connectivity index (χ0v) is 25.1. The molecular formula is C33H38N4O4S. The lowest BCUT2D eigenvalue weighted by Gasteiger charge is -2.25. The summed E-state index contributed by atoms with van der Waals surface area (Å²) in [6, 6.07) is 23.7. The van der Waals surface area contributed by atoms with Crippen molar-refractivity contribution in [2.45, 2.75) is 38.5 Å². The standard InChI is InChI=1S/C33H38N4O4S/c1-23-22-42-31(35-23)21-37(2)33(40)27-14-9-13-26(19-27)32(39)36-28(18-24-10-5-4-6-11-24)29(38)20-34-17-16-25-12-7-8-15-30(25)41-3/h4-15,19,22,28-29,34,38H,16-18,20-21H2,1-3H3,(H,36,39). The lowest BCUT2D eigenvalue weighted by Crippen LogP contribution is -2.49. The normalized spacial score (nSPS) is 12.4. The number of hydrogen-bond donors (Lipinski definition) is 3. The molecule has 0 saturated heterocycles. The highest BCUT2D eigenvalue weighted by Gasteiger charge is 2.23. The number of nitrogens with zero attached hydrogens (tertiary/aromatic N) is 2. The lowest BCUT2D eigenvalue weighted by molar-refractivity contribution is 0.0784. The third kappa shape index (κ3) is 8.72. The first kappa shape index (κ1) is 30.9. The van der Waals surface area contributed by atoms with Crippen LogP contribution < -0.4 is 15.4 Å². The minimum Gasteiger partial charge on any atom is -0.496 e. The number of benzene rings is 3. The number of methoxy groups -OCH3 is 1. The largest absolute Gasteiger partial charge is 0.496 e. The fourth-order valence-corrected chi connectivity index (χ4v) is 5.52. The van der Waals surface area contributed by atoms with Gasteiger partial charge in [-0.15, -0.1) is 11.3 Å². The Labute approximate surface area is 251 Å². The van der Waals surface area contributed by atoms with Crippen molar-refractivity contribution in [1.82, 2.24) is 20.5 Å². The molecule has 0 aliphatic rings. The van der Waals surface area contributed by atoms with Crippen molar-refractivity contribution in [2.24, 2.45) is 0 Å². The van der Waals surface area contributed by atoms with E-state index in [2.05, 4.69) is 15.6 Å². The van der Waals surface area contributed by atoms with E-state index in [0.29, 0.717) is 37.2 Å². The number of amides is 2. The van der Waals surface area contributed by atoms with Crippen LogP contribution in [-0.4, -0.2) is 66.2 Å². The first-order valence-electron chi connectivity index (χ1n) is 14.0. The first-order valence-corrected chi connectivity index (χ1v) is 14.8. The van der Waals surface area contributed by atoms with Gasteiger partial charge >= 0.3 is 0 Å². The molecule has 3 aromatic carbocycles. The molecule has 0 spiro atoms. The Morgan fingerprint density at radius 3 is 2.50 bits per heavy atom. The number of para-hydroxylation sites is 1. The van der Waals surface area contributed by atoms with Crippen molar-refractivity contribution < 1.29 is 19.4 Å². The minimum absolute atomic E-state index is 0.197. The van der Waals surface area contributed by atoms with Crippen molar-refractivity contribution in [3.8, 4) is 5.75 Å². The van der Waals surface area contributed by atoms with Gasteiger partial charge in [-0.2, -0.15) is 0 Å². The lowest BCUT2D eigenvalue weighted by atomic mass is 10.00. The molecule has 1 heterocycles. The number of carbonyl (C=O) groups is 2. The molecule has 4 rings (SSSR count). The molecule has 0 aliphatic heterocycles. The number of rotatable bonds is 14. The average Bonchev–Trinajstić information content (AvgIpc) is 3.43. The van der Waals surface area contributed by atoms with E-state index in [1.807, 2.05) is 66.9 Å². The summed E-state index contributed by atoms with van der Waals surface area (Å²) in [4.78, 5) is 32.5. The van der Waals surface area contributed by atoms with E-state index < -0.39 is 12.1 Å². The van der Waals surface area contributed by atoms with Gasteiger partial charge in [0, 0.05) is 35.8 Å². The van der Waals surface area contributed by atoms with Crippen molar-refractivity contribution in [2.75, 3.05) is 27.2 Å². The number of aromatic nitrogens is 1. The van der Waals surface area contributed by atoms with Crippen LogP contribution in [0.1, 0.15) is 42.5 Å². The Hall–Kier alpha value is -4.05. The highest BCUT2D eigenvalue weighted by molar-refractivity contribution is 7.09. The van der Waals surface area contributed by atoms with Crippen LogP contribution in [0.4, 0.5) is 0 Å². The third-order valence-electron chi connectivity index (χ3n) is 6.95. The van der Waals surface area contributed by atoms with E-state index in [1.165, 1.54) is 11.3 Å². The minimum atomic E-state index is -0.843. The van der Waals surface area contributed by atoms with Crippen LogP contribution in [0.3, 0.4) is 0 Å². The second-order valence-electron chi connectivity index (χ2n) is 10.2. The van der Waals surface area contributed by atoms with E-state index in [0.717, 1.165) is 34.0 Å². The van der Waals surface area contributed by atoms with Crippen molar-refractivity contribution in [3.05, 3.63) is 117 Å². The maximum Gasteiger partial charge on any atom is 0.253 e. The second kappa shape index (κ2) is 15.3. The van der Waals surface area contributed by atoms with Gasteiger partial charge in [-0.25, -0.2) is 4.98 Å². The number of aliphatic hydroxyl groups is 1. The highest BCUT2D eigenvalue weighted by atomic mass is 32.1. The maximum absolute atomic E-state index is 13.4. The second-order valence-corrected chi connectivity index (χ2v) is 11.2. The fourth-order valence-electron chi connectivity index (χ4n) is 4.69. The molecule has 4 aromatic rings. The van der Waals surface area contributed by atoms with Crippen molar-refractivity contribution in [1.29, 1.82) is 0 Å². The van der Waals surface area contributed by atoms with Crippen LogP contribution in [0.2, 0.25) is 0 Å². The Kier molecular flexibility index (Phi) is 11.2. The van der Waals surface area contributed by atoms with Gasteiger partial charge in [0.2, 0.25) is 0 Å². The number of ether oxygens (including phenoxy) is 1. The van der Waals surface area contributed by atoms with E-state index in [1.54, 1.807) is 43.3 Å². The topological polar surface area (TPSA) is 104 Å². The summed E-state index contributed by atoms with van der Waals surface area (Å²) < 4.78 is 5.43. The molecule has 0 fully saturated rings. The van der Waals surface area contributed by atoms with E-state index in [-0.39, 0.29) is 11.8 Å². The Morgan fingerprint density at radius 2 is 1.76 bits per heavy atom. The van der Waals surface area contributed by atoms with Crippen molar-refractivity contribution in [3.63, 3.8) is 0 Å². The fraction of sp³-hybridized carbons (Fsp3) is 0.303. The molecule has 1 aromatic heterocycles. The molecule has 0 saturated carbocycles. The molecule has 2 atom stereocenters. The van der Waals surface area contributed by atoms with E-state index >= 15 is 0 Å². The van der Waals surface area contributed by atoms with Crippen LogP contribution in [0, 0.1) is 6.92 Å².